The van der Waals surface area contributed by atoms with Crippen LogP contribution >= 0.6 is 0 Å². The summed E-state index contributed by atoms with van der Waals surface area (Å²) >= 11 is 0. The molecule has 0 saturated carbocycles. The number of aromatic nitrogens is 2. The first-order valence-electron chi connectivity index (χ1n) is 6.61. The van der Waals surface area contributed by atoms with Crippen LogP contribution < -0.4 is 0 Å². The molecule has 0 fully saturated rings. The number of nitrogens with zero attached hydrogens (tertiary/aromatic N) is 2. The predicted octanol–water partition coefficient (Wildman–Crippen LogP) is 3.30. The molecule has 20 heavy (non-hydrogen) atoms. The molecule has 3 nitrogen and oxygen atoms in total. The summed E-state index contributed by atoms with van der Waals surface area (Å²) in [5.41, 5.74) is 2.84. The summed E-state index contributed by atoms with van der Waals surface area (Å²) in [4.78, 5) is 0. The fraction of sp³-hybridized carbons (Fsp3) is 0.250. The molecule has 0 amide bonds. The second-order valence-corrected chi connectivity index (χ2v) is 11.4. The topological polar surface area (TPSA) is 38.0 Å². The van der Waals surface area contributed by atoms with Crippen molar-refractivity contribution in [2.75, 3.05) is 0 Å². The summed E-state index contributed by atoms with van der Waals surface area (Å²) in [5, 5.41) is 13.7. The third kappa shape index (κ3) is 2.62. The fourth-order valence-corrected chi connectivity index (χ4v) is 2.64. The maximum absolute atomic E-state index is 10.6. The van der Waals surface area contributed by atoms with Crippen LogP contribution in [0.2, 0.25) is 19.6 Å². The Morgan fingerprint density at radius 3 is 2.35 bits per heavy atom. The highest BCUT2D eigenvalue weighted by Crippen LogP contribution is 2.27. The van der Waals surface area contributed by atoms with E-state index in [1.807, 2.05) is 36.5 Å². The number of aliphatic hydroxyl groups is 1. The first-order chi connectivity index (χ1) is 9.23. The van der Waals surface area contributed by atoms with Gasteiger partial charge in [0.15, 0.2) is 0 Å². The molecule has 2 rings (SSSR count). The highest BCUT2D eigenvalue weighted by Gasteiger charge is 2.39. The maximum Gasteiger partial charge on any atom is 0.141 e. The van der Waals surface area contributed by atoms with E-state index in [4.69, 9.17) is 0 Å². The summed E-state index contributed by atoms with van der Waals surface area (Å²) in [6.45, 7) is 14.2. The molecule has 0 saturated heterocycles. The van der Waals surface area contributed by atoms with Gasteiger partial charge in [-0.25, -0.2) is 4.68 Å². The van der Waals surface area contributed by atoms with E-state index >= 15 is 0 Å². The van der Waals surface area contributed by atoms with Crippen LogP contribution in [0.25, 0.3) is 5.57 Å². The first kappa shape index (κ1) is 14.7. The minimum Gasteiger partial charge on any atom is -0.373 e. The van der Waals surface area contributed by atoms with Gasteiger partial charge in [-0.15, -0.1) is 0 Å². The number of hydrogen-bond acceptors (Lipinski definition) is 2. The van der Waals surface area contributed by atoms with Gasteiger partial charge >= 0.3 is 0 Å². The Hall–Kier alpha value is -1.65. The van der Waals surface area contributed by atoms with Crippen LogP contribution in [0.5, 0.6) is 0 Å². The zero-order chi connectivity index (χ0) is 15.0. The van der Waals surface area contributed by atoms with E-state index in [0.717, 1.165) is 16.7 Å². The lowest BCUT2D eigenvalue weighted by atomic mass is 10.0. The van der Waals surface area contributed by atoms with Crippen molar-refractivity contribution in [2.45, 2.75) is 25.0 Å². The van der Waals surface area contributed by atoms with Gasteiger partial charge in [-0.2, -0.15) is 5.10 Å². The minimum absolute atomic E-state index is 0.892. The van der Waals surface area contributed by atoms with Crippen molar-refractivity contribution in [3.05, 3.63) is 67.4 Å². The fourth-order valence-electron chi connectivity index (χ4n) is 1.83. The Morgan fingerprint density at radius 2 is 1.80 bits per heavy atom. The van der Waals surface area contributed by atoms with E-state index in [2.05, 4.69) is 38.2 Å². The summed E-state index contributed by atoms with van der Waals surface area (Å²) in [6.07, 6.45) is 3.55. The monoisotopic (exact) mass is 285 g/mol. The van der Waals surface area contributed by atoms with Crippen molar-refractivity contribution in [3.8, 4) is 0 Å². The van der Waals surface area contributed by atoms with Gasteiger partial charge in [0.25, 0.3) is 0 Å². The molecule has 1 aromatic heterocycles. The average molecular weight is 285 g/mol. The molecule has 2 aromatic rings. The number of hydrogen-bond donors (Lipinski definition) is 1. The molecular formula is C16H21N2OSi. The Labute approximate surface area is 121 Å². The Balaban J connectivity index is 2.33. The smallest absolute Gasteiger partial charge is 0.141 e. The van der Waals surface area contributed by atoms with Crippen molar-refractivity contribution in [1.29, 1.82) is 0 Å². The van der Waals surface area contributed by atoms with Crippen LogP contribution in [-0.2, 0) is 5.35 Å². The van der Waals surface area contributed by atoms with E-state index in [-0.39, 0.29) is 0 Å². The van der Waals surface area contributed by atoms with Gasteiger partial charge in [0.2, 0.25) is 0 Å². The molecule has 0 aliphatic carbocycles. The molecule has 1 N–H and O–H groups in total. The summed E-state index contributed by atoms with van der Waals surface area (Å²) in [7, 11) is -1.91. The molecule has 1 aromatic carbocycles. The molecule has 1 atom stereocenters. The Morgan fingerprint density at radius 1 is 1.20 bits per heavy atom. The lowest BCUT2D eigenvalue weighted by Gasteiger charge is -2.35. The maximum atomic E-state index is 10.6. The van der Waals surface area contributed by atoms with Gasteiger partial charge in [0.1, 0.15) is 13.4 Å². The highest BCUT2D eigenvalue weighted by atomic mass is 28.3. The van der Waals surface area contributed by atoms with Crippen molar-refractivity contribution in [3.63, 3.8) is 0 Å². The van der Waals surface area contributed by atoms with Gasteiger partial charge in [-0.3, -0.25) is 0 Å². The lowest BCUT2D eigenvalue weighted by molar-refractivity contribution is 0.0739. The van der Waals surface area contributed by atoms with Gasteiger partial charge in [-0.1, -0.05) is 56.6 Å². The molecule has 0 aliphatic heterocycles. The molecule has 0 bridgehead atoms. The molecule has 4 heteroatoms. The SMILES string of the molecule is [CH2]C(O)(n1cc(C(=C)c2ccccc2)cn1)[Si](C)(C)C. The lowest BCUT2D eigenvalue weighted by Crippen LogP contribution is -2.52. The van der Waals surface area contributed by atoms with Crippen LogP contribution in [0, 0.1) is 6.92 Å². The normalized spacial score (nSPS) is 14.8. The third-order valence-electron chi connectivity index (χ3n) is 3.63. The summed E-state index contributed by atoms with van der Waals surface area (Å²) in [6, 6.07) is 9.94. The molecule has 1 heterocycles. The number of benzene rings is 1. The molecular weight excluding hydrogens is 264 g/mol. The van der Waals surface area contributed by atoms with Gasteiger partial charge in [0.05, 0.1) is 6.20 Å². The van der Waals surface area contributed by atoms with Crippen LogP contribution in [0.4, 0.5) is 0 Å². The van der Waals surface area contributed by atoms with Gasteiger partial charge in [-0.05, 0) is 18.1 Å². The Bertz CT molecular complexity index is 609. The molecule has 105 valence electrons. The molecule has 1 radical (unpaired) electrons. The second-order valence-electron chi connectivity index (χ2n) is 6.08. The quantitative estimate of drug-likeness (QED) is 0.875. The summed E-state index contributed by atoms with van der Waals surface area (Å²) in [5.74, 6) is 0. The van der Waals surface area contributed by atoms with Crippen LogP contribution in [0.1, 0.15) is 11.1 Å². The van der Waals surface area contributed by atoms with Crippen LogP contribution in [-0.4, -0.2) is 23.0 Å². The Kier molecular flexibility index (Phi) is 3.71. The van der Waals surface area contributed by atoms with E-state index in [1.165, 1.54) is 0 Å². The minimum atomic E-state index is -1.91. The zero-order valence-corrected chi connectivity index (χ0v) is 13.3. The van der Waals surface area contributed by atoms with Gasteiger partial charge in [0, 0.05) is 11.8 Å². The first-order valence-corrected chi connectivity index (χ1v) is 10.1. The standard InChI is InChI=1S/C16H21N2OSi/c1-13(14-9-7-6-8-10-14)15-11-17-18(12-15)16(2,19)20(3,4)5/h6-12,19H,1-2H2,3-5H3. The van der Waals surface area contributed by atoms with Crippen molar-refractivity contribution in [1.82, 2.24) is 9.78 Å². The van der Waals surface area contributed by atoms with E-state index in [0.29, 0.717) is 0 Å². The zero-order valence-electron chi connectivity index (χ0n) is 12.3. The van der Waals surface area contributed by atoms with Crippen LogP contribution in [0.15, 0.2) is 49.3 Å². The van der Waals surface area contributed by atoms with Crippen LogP contribution in [0.3, 0.4) is 0 Å². The molecule has 0 spiro atoms. The van der Waals surface area contributed by atoms with E-state index in [1.54, 1.807) is 10.9 Å². The average Bonchev–Trinajstić information content (AvgIpc) is 2.87. The van der Waals surface area contributed by atoms with Crippen molar-refractivity contribution < 1.29 is 5.11 Å². The highest BCUT2D eigenvalue weighted by molar-refractivity contribution is 6.78. The van der Waals surface area contributed by atoms with Crippen molar-refractivity contribution >= 4 is 13.6 Å². The molecule has 1 unspecified atom stereocenters. The van der Waals surface area contributed by atoms with E-state index < -0.39 is 13.4 Å². The largest absolute Gasteiger partial charge is 0.373 e. The predicted molar refractivity (Wildman–Crippen MR) is 85.7 cm³/mol. The van der Waals surface area contributed by atoms with Gasteiger partial charge < -0.3 is 5.11 Å². The summed E-state index contributed by atoms with van der Waals surface area (Å²) < 4.78 is 1.56. The van der Waals surface area contributed by atoms with E-state index in [9.17, 15) is 5.11 Å². The van der Waals surface area contributed by atoms with Crippen molar-refractivity contribution in [2.24, 2.45) is 0 Å². The second kappa shape index (κ2) is 5.03. The molecule has 0 aliphatic rings. The number of rotatable bonds is 4. The third-order valence-corrected chi connectivity index (χ3v) is 6.26.